The number of rotatable bonds is 22. The van der Waals surface area contributed by atoms with E-state index in [-0.39, 0.29) is 29.1 Å². The van der Waals surface area contributed by atoms with Crippen LogP contribution < -0.4 is 30.7 Å². The molecule has 0 bridgehead atoms. The van der Waals surface area contributed by atoms with Crippen molar-refractivity contribution in [3.63, 3.8) is 0 Å². The van der Waals surface area contributed by atoms with Gasteiger partial charge >= 0.3 is 12.1 Å². The summed E-state index contributed by atoms with van der Waals surface area (Å²) >= 11 is 6.21. The van der Waals surface area contributed by atoms with Crippen molar-refractivity contribution in [1.82, 2.24) is 35.8 Å². The molecule has 5 rings (SSSR count). The maximum absolute atomic E-state index is 13.1. The van der Waals surface area contributed by atoms with Crippen LogP contribution in [0.1, 0.15) is 61.3 Å². The van der Waals surface area contributed by atoms with Crippen LogP contribution in [0.3, 0.4) is 0 Å². The van der Waals surface area contributed by atoms with Crippen LogP contribution in [0.5, 0.6) is 5.75 Å². The molecule has 2 heterocycles. The second-order valence-corrected chi connectivity index (χ2v) is 16.2. The van der Waals surface area contributed by atoms with Crippen LogP contribution in [0.15, 0.2) is 41.3 Å². The predicted octanol–water partition coefficient (Wildman–Crippen LogP) is 3.14. The molecule has 0 aromatic heterocycles. The number of carbonyl (C=O) groups excluding carboxylic acids is 2. The minimum absolute atomic E-state index is 0.164. The van der Waals surface area contributed by atoms with Crippen molar-refractivity contribution in [3.8, 4) is 11.8 Å². The molecule has 2 fully saturated rings. The number of carbonyl (C=O) groups is 2. The van der Waals surface area contributed by atoms with E-state index < -0.39 is 10.0 Å². The summed E-state index contributed by atoms with van der Waals surface area (Å²) in [7, 11) is -3.73. The second kappa shape index (κ2) is 22.2. The molecule has 0 saturated carbocycles. The Kier molecular flexibility index (Phi) is 17.1. The van der Waals surface area contributed by atoms with Crippen molar-refractivity contribution in [2.45, 2.75) is 62.0 Å². The number of urea groups is 2. The highest BCUT2D eigenvalue weighted by Gasteiger charge is 2.29. The monoisotopic (exact) mass is 802 g/mol. The molecule has 0 radical (unpaired) electrons. The molecule has 1 aliphatic carbocycles. The number of hydrogen-bond donors (Lipinski definition) is 5. The molecule has 15 nitrogen and oxygen atoms in total. The van der Waals surface area contributed by atoms with Gasteiger partial charge in [0.2, 0.25) is 10.0 Å². The van der Waals surface area contributed by atoms with Crippen LogP contribution in [0.25, 0.3) is 0 Å². The Bertz CT molecular complexity index is 1690. The lowest BCUT2D eigenvalue weighted by atomic mass is 10.0. The first kappa shape index (κ1) is 42.5. The van der Waals surface area contributed by atoms with E-state index >= 15 is 0 Å². The third-order valence-electron chi connectivity index (χ3n) is 9.92. The first-order valence-corrected chi connectivity index (χ1v) is 21.2. The fraction of sp³-hybridized carbons (Fsp3) is 0.605. The molecule has 17 heteroatoms. The Morgan fingerprint density at radius 1 is 0.818 bits per heavy atom. The smallest absolute Gasteiger partial charge is 0.314 e. The summed E-state index contributed by atoms with van der Waals surface area (Å²) in [4.78, 5) is 28.6. The van der Waals surface area contributed by atoms with E-state index in [2.05, 4.69) is 41.9 Å². The van der Waals surface area contributed by atoms with Crippen molar-refractivity contribution in [2.75, 3.05) is 91.9 Å². The van der Waals surface area contributed by atoms with E-state index in [4.69, 9.17) is 25.8 Å². The molecule has 0 unspecified atom stereocenters. The number of hydrogen-bond acceptors (Lipinski definition) is 10. The Morgan fingerprint density at radius 2 is 1.44 bits per heavy atom. The standard InChI is InChI=1S/C38H55ClN8O7S/c39-30-25-29(27-40)34-9-10-36(35(34)26-30)54-32-5-7-33(8-6-32)55(50,51)45-31-11-18-47(28-31)20-24-53-22-15-44-38(49)42-13-2-1-12-41-37(48)43-14-21-52-23-19-46-16-3-4-17-46/h5-8,25-26,31,36,45H,1-4,9-24,28H2,(H2,41,43,48)(H2,42,44,49)/t31-,36+/m0/s1. The number of halogens is 1. The lowest BCUT2D eigenvalue weighted by Crippen LogP contribution is -2.39. The first-order chi connectivity index (χ1) is 26.7. The Labute approximate surface area is 329 Å². The largest absolute Gasteiger partial charge is 0.486 e. The van der Waals surface area contributed by atoms with E-state index in [0.29, 0.717) is 94.9 Å². The summed E-state index contributed by atoms with van der Waals surface area (Å²) in [6.45, 7) is 9.09. The number of benzene rings is 2. The van der Waals surface area contributed by atoms with Crippen LogP contribution in [0, 0.1) is 11.3 Å². The number of nitrogens with zero attached hydrogens (tertiary/aromatic N) is 3. The van der Waals surface area contributed by atoms with Crippen LogP contribution in [0.4, 0.5) is 9.59 Å². The Balaban J connectivity index is 0.847. The summed E-state index contributed by atoms with van der Waals surface area (Å²) in [6, 6.07) is 11.4. The highest BCUT2D eigenvalue weighted by atomic mass is 35.5. The van der Waals surface area contributed by atoms with Gasteiger partial charge in [-0.3, -0.25) is 4.90 Å². The molecule has 4 amide bonds. The van der Waals surface area contributed by atoms with E-state index in [0.717, 1.165) is 56.6 Å². The van der Waals surface area contributed by atoms with Gasteiger partial charge in [0.1, 0.15) is 11.9 Å². The topological polar surface area (TPSA) is 186 Å². The average molecular weight is 803 g/mol. The normalized spacial score (nSPS) is 18.5. The number of sulfonamides is 1. The molecule has 2 aromatic rings. The third-order valence-corrected chi connectivity index (χ3v) is 11.7. The van der Waals surface area contributed by atoms with Gasteiger partial charge in [0, 0.05) is 56.9 Å². The maximum Gasteiger partial charge on any atom is 0.314 e. The molecule has 2 aromatic carbocycles. The summed E-state index contributed by atoms with van der Waals surface area (Å²) < 4.78 is 46.5. The second-order valence-electron chi connectivity index (χ2n) is 14.0. The molecule has 2 atom stereocenters. The third kappa shape index (κ3) is 14.1. The van der Waals surface area contributed by atoms with E-state index in [9.17, 15) is 23.3 Å². The summed E-state index contributed by atoms with van der Waals surface area (Å²) in [5, 5.41) is 21.1. The van der Waals surface area contributed by atoms with Crippen molar-refractivity contribution in [1.29, 1.82) is 5.26 Å². The number of nitrogens with one attached hydrogen (secondary N) is 5. The number of amides is 4. The van der Waals surface area contributed by atoms with Crippen LogP contribution >= 0.6 is 11.6 Å². The molecule has 2 saturated heterocycles. The zero-order valence-electron chi connectivity index (χ0n) is 31.5. The van der Waals surface area contributed by atoms with Gasteiger partial charge in [-0.25, -0.2) is 22.7 Å². The molecule has 55 heavy (non-hydrogen) atoms. The number of ether oxygens (including phenoxy) is 3. The van der Waals surface area contributed by atoms with E-state index in [1.54, 1.807) is 18.2 Å². The van der Waals surface area contributed by atoms with Gasteiger partial charge in [0.25, 0.3) is 0 Å². The van der Waals surface area contributed by atoms with Gasteiger partial charge in [-0.1, -0.05) is 11.6 Å². The predicted molar refractivity (Wildman–Crippen MR) is 209 cm³/mol. The van der Waals surface area contributed by atoms with Gasteiger partial charge in [0.05, 0.1) is 43.0 Å². The Hall–Kier alpha value is -3.69. The van der Waals surface area contributed by atoms with Gasteiger partial charge in [-0.05, 0) is 112 Å². The lowest BCUT2D eigenvalue weighted by Gasteiger charge is -2.18. The minimum Gasteiger partial charge on any atom is -0.486 e. The van der Waals surface area contributed by atoms with Crippen molar-refractivity contribution >= 4 is 33.7 Å². The number of likely N-dealkylation sites (tertiary alicyclic amines) is 2. The van der Waals surface area contributed by atoms with Crippen molar-refractivity contribution in [2.24, 2.45) is 0 Å². The van der Waals surface area contributed by atoms with Crippen molar-refractivity contribution in [3.05, 3.63) is 58.1 Å². The van der Waals surface area contributed by atoms with Crippen LogP contribution in [-0.2, 0) is 25.9 Å². The van der Waals surface area contributed by atoms with Crippen molar-refractivity contribution < 1.29 is 32.2 Å². The SMILES string of the molecule is N#Cc1cc(Cl)cc2c1CC[C@H]2Oc1ccc(S(=O)(=O)N[C@H]2CCN(CCOCCNC(=O)NCCCCNC(=O)NCCOCCN3CCCC3)C2)cc1. The van der Waals surface area contributed by atoms with Crippen LogP contribution in [0.2, 0.25) is 5.02 Å². The molecule has 302 valence electrons. The highest BCUT2D eigenvalue weighted by molar-refractivity contribution is 7.89. The van der Waals surface area contributed by atoms with Gasteiger partial charge in [0.15, 0.2) is 0 Å². The quantitative estimate of drug-likeness (QED) is 0.111. The number of fused-ring (bicyclic) bond motifs is 1. The Morgan fingerprint density at radius 3 is 2.07 bits per heavy atom. The molecule has 2 aliphatic heterocycles. The van der Waals surface area contributed by atoms with Gasteiger partial charge in [-0.15, -0.1) is 0 Å². The molecular weight excluding hydrogens is 748 g/mol. The van der Waals surface area contributed by atoms with Crippen LogP contribution in [-0.4, -0.2) is 128 Å². The minimum atomic E-state index is -3.73. The van der Waals surface area contributed by atoms with E-state index in [1.807, 2.05) is 6.07 Å². The maximum atomic E-state index is 13.1. The molecular formula is C38H55ClN8O7S. The van der Waals surface area contributed by atoms with Gasteiger partial charge < -0.3 is 40.4 Å². The lowest BCUT2D eigenvalue weighted by molar-refractivity contribution is 0.113. The van der Waals surface area contributed by atoms with Gasteiger partial charge in [-0.2, -0.15) is 5.26 Å². The fourth-order valence-electron chi connectivity index (χ4n) is 7.01. The first-order valence-electron chi connectivity index (χ1n) is 19.4. The summed E-state index contributed by atoms with van der Waals surface area (Å²) in [6.07, 6.45) is 5.87. The summed E-state index contributed by atoms with van der Waals surface area (Å²) in [5.74, 6) is 0.543. The number of unbranched alkanes of at least 4 members (excludes halogenated alkanes) is 1. The zero-order valence-corrected chi connectivity index (χ0v) is 33.0. The molecule has 5 N–H and O–H groups in total. The zero-order chi connectivity index (χ0) is 38.9. The average Bonchev–Trinajstić information content (AvgIpc) is 3.95. The molecule has 0 spiro atoms. The van der Waals surface area contributed by atoms with E-state index in [1.165, 1.54) is 25.0 Å². The molecule has 3 aliphatic rings. The summed E-state index contributed by atoms with van der Waals surface area (Å²) in [5.41, 5.74) is 2.41. The fourth-order valence-corrected chi connectivity index (χ4v) is 8.50. The highest BCUT2D eigenvalue weighted by Crippen LogP contribution is 2.38. The number of nitriles is 1.